The number of hydrogen-bond acceptors (Lipinski definition) is 5. The zero-order valence-electron chi connectivity index (χ0n) is 11.5. The maximum atomic E-state index is 5.45. The van der Waals surface area contributed by atoms with Gasteiger partial charge in [-0.3, -0.25) is 0 Å². The molecule has 2 unspecified atom stereocenters. The van der Waals surface area contributed by atoms with Crippen molar-refractivity contribution in [1.29, 1.82) is 0 Å². The normalized spacial score (nSPS) is 26.9. The molecule has 2 aliphatic rings. The minimum absolute atomic E-state index is 0.644. The molecule has 2 saturated heterocycles. The van der Waals surface area contributed by atoms with Gasteiger partial charge in [-0.25, -0.2) is 4.98 Å². The van der Waals surface area contributed by atoms with Crippen molar-refractivity contribution in [3.8, 4) is 5.88 Å². The molecular formula is C14H22N4O. The molecule has 0 aliphatic carbocycles. The Kier molecular flexibility index (Phi) is 3.82. The number of nitrogens with one attached hydrogen (secondary N) is 1. The van der Waals surface area contributed by atoms with Crippen LogP contribution < -0.4 is 15.0 Å². The van der Waals surface area contributed by atoms with Crippen LogP contribution in [0.2, 0.25) is 0 Å². The molecular weight excluding hydrogens is 240 g/mol. The highest BCUT2D eigenvalue weighted by molar-refractivity contribution is 5.33. The summed E-state index contributed by atoms with van der Waals surface area (Å²) >= 11 is 0. The minimum Gasteiger partial charge on any atom is -0.478 e. The lowest BCUT2D eigenvalue weighted by Crippen LogP contribution is -2.52. The lowest BCUT2D eigenvalue weighted by atomic mass is 9.85. The summed E-state index contributed by atoms with van der Waals surface area (Å²) in [6.45, 7) is 5.89. The van der Waals surface area contributed by atoms with Crippen molar-refractivity contribution in [2.75, 3.05) is 31.1 Å². The number of aromatic nitrogens is 2. The Morgan fingerprint density at radius 2 is 2.42 bits per heavy atom. The van der Waals surface area contributed by atoms with Crippen LogP contribution >= 0.6 is 0 Å². The fourth-order valence-corrected chi connectivity index (χ4v) is 3.14. The van der Waals surface area contributed by atoms with Crippen molar-refractivity contribution in [1.82, 2.24) is 15.3 Å². The number of nitrogens with zero attached hydrogens (tertiary/aromatic N) is 3. The molecule has 2 aliphatic heterocycles. The Bertz CT molecular complexity index is 426. The van der Waals surface area contributed by atoms with Gasteiger partial charge in [-0.1, -0.05) is 0 Å². The molecule has 1 aromatic rings. The van der Waals surface area contributed by atoms with Crippen molar-refractivity contribution >= 4 is 5.95 Å². The first-order valence-corrected chi connectivity index (χ1v) is 7.31. The van der Waals surface area contributed by atoms with Gasteiger partial charge in [-0.05, 0) is 38.6 Å². The van der Waals surface area contributed by atoms with Crippen LogP contribution in [-0.4, -0.2) is 42.3 Å². The molecule has 1 N–H and O–H groups in total. The summed E-state index contributed by atoms with van der Waals surface area (Å²) in [6.07, 6.45) is 5.58. The summed E-state index contributed by atoms with van der Waals surface area (Å²) in [5, 5.41) is 3.63. The second-order valence-electron chi connectivity index (χ2n) is 5.33. The molecule has 0 bridgehead atoms. The molecule has 0 aromatic carbocycles. The highest BCUT2D eigenvalue weighted by Crippen LogP contribution is 2.27. The molecule has 5 heteroatoms. The lowest BCUT2D eigenvalue weighted by Gasteiger charge is -2.41. The van der Waals surface area contributed by atoms with Gasteiger partial charge in [0.1, 0.15) is 0 Å². The molecule has 0 amide bonds. The smallest absolute Gasteiger partial charge is 0.228 e. The molecule has 0 saturated carbocycles. The minimum atomic E-state index is 0.644. The number of ether oxygens (including phenoxy) is 1. The molecule has 0 radical (unpaired) electrons. The first kappa shape index (κ1) is 12.7. The van der Waals surface area contributed by atoms with E-state index in [0.29, 0.717) is 18.5 Å². The van der Waals surface area contributed by atoms with E-state index < -0.39 is 0 Å². The van der Waals surface area contributed by atoms with Crippen LogP contribution in [0.5, 0.6) is 5.88 Å². The molecule has 104 valence electrons. The van der Waals surface area contributed by atoms with Gasteiger partial charge in [0.25, 0.3) is 0 Å². The third-order valence-electron chi connectivity index (χ3n) is 4.08. The van der Waals surface area contributed by atoms with Crippen molar-refractivity contribution in [3.05, 3.63) is 12.3 Å². The van der Waals surface area contributed by atoms with Crippen LogP contribution in [0, 0.1) is 5.92 Å². The van der Waals surface area contributed by atoms with Crippen LogP contribution in [0.25, 0.3) is 0 Å². The lowest BCUT2D eigenvalue weighted by molar-refractivity contribution is 0.242. The van der Waals surface area contributed by atoms with Crippen LogP contribution in [0.15, 0.2) is 12.3 Å². The highest BCUT2D eigenvalue weighted by Gasteiger charge is 2.31. The van der Waals surface area contributed by atoms with E-state index in [1.165, 1.54) is 25.8 Å². The first-order valence-electron chi connectivity index (χ1n) is 7.31. The highest BCUT2D eigenvalue weighted by atomic mass is 16.5. The summed E-state index contributed by atoms with van der Waals surface area (Å²) < 4.78 is 5.45. The summed E-state index contributed by atoms with van der Waals surface area (Å²) in [7, 11) is 0. The van der Waals surface area contributed by atoms with E-state index in [1.807, 2.05) is 13.0 Å². The molecule has 1 aromatic heterocycles. The van der Waals surface area contributed by atoms with E-state index in [9.17, 15) is 0 Å². The molecule has 5 nitrogen and oxygen atoms in total. The van der Waals surface area contributed by atoms with Gasteiger partial charge in [-0.2, -0.15) is 4.98 Å². The number of fused-ring (bicyclic) bond motifs is 1. The van der Waals surface area contributed by atoms with E-state index in [4.69, 9.17) is 4.74 Å². The van der Waals surface area contributed by atoms with Crippen molar-refractivity contribution in [2.45, 2.75) is 32.2 Å². The fraction of sp³-hybridized carbons (Fsp3) is 0.714. The van der Waals surface area contributed by atoms with Crippen molar-refractivity contribution < 1.29 is 4.74 Å². The number of anilines is 1. The molecule has 0 spiro atoms. The topological polar surface area (TPSA) is 50.3 Å². The zero-order chi connectivity index (χ0) is 13.1. The second kappa shape index (κ2) is 5.74. The quantitative estimate of drug-likeness (QED) is 0.893. The first-order chi connectivity index (χ1) is 9.36. The Hall–Kier alpha value is -1.36. The average molecular weight is 262 g/mol. The van der Waals surface area contributed by atoms with Crippen LogP contribution in [0.1, 0.15) is 26.2 Å². The number of piperidine rings is 2. The van der Waals surface area contributed by atoms with E-state index in [-0.39, 0.29) is 0 Å². The summed E-state index contributed by atoms with van der Waals surface area (Å²) in [5.74, 6) is 2.23. The summed E-state index contributed by atoms with van der Waals surface area (Å²) in [6, 6.07) is 2.52. The maximum Gasteiger partial charge on any atom is 0.228 e. The van der Waals surface area contributed by atoms with Gasteiger partial charge >= 0.3 is 0 Å². The largest absolute Gasteiger partial charge is 0.478 e. The third-order valence-corrected chi connectivity index (χ3v) is 4.08. The van der Waals surface area contributed by atoms with Gasteiger partial charge in [0.2, 0.25) is 11.8 Å². The standard InChI is InChI=1S/C14H22N4O/c1-2-19-13-5-8-16-14(17-13)18-9-6-12-11(10-18)4-3-7-15-12/h5,8,11-12,15H,2-4,6-7,9-10H2,1H3. The van der Waals surface area contributed by atoms with Gasteiger partial charge < -0.3 is 15.0 Å². The van der Waals surface area contributed by atoms with Gasteiger partial charge in [0.15, 0.2) is 0 Å². The Labute approximate surface area is 114 Å². The van der Waals surface area contributed by atoms with E-state index in [0.717, 1.165) is 25.0 Å². The van der Waals surface area contributed by atoms with E-state index in [1.54, 1.807) is 6.20 Å². The van der Waals surface area contributed by atoms with Crippen LogP contribution in [0.3, 0.4) is 0 Å². The van der Waals surface area contributed by atoms with Crippen LogP contribution in [-0.2, 0) is 0 Å². The third kappa shape index (κ3) is 2.81. The molecule has 3 heterocycles. The maximum absolute atomic E-state index is 5.45. The van der Waals surface area contributed by atoms with Gasteiger partial charge in [0.05, 0.1) is 6.61 Å². The van der Waals surface area contributed by atoms with Crippen molar-refractivity contribution in [3.63, 3.8) is 0 Å². The molecule has 2 fully saturated rings. The van der Waals surface area contributed by atoms with Gasteiger partial charge in [-0.15, -0.1) is 0 Å². The zero-order valence-corrected chi connectivity index (χ0v) is 11.5. The Morgan fingerprint density at radius 1 is 1.47 bits per heavy atom. The van der Waals surface area contributed by atoms with Crippen molar-refractivity contribution in [2.24, 2.45) is 5.92 Å². The van der Waals surface area contributed by atoms with E-state index in [2.05, 4.69) is 20.2 Å². The SMILES string of the molecule is CCOc1ccnc(N2CCC3NCCCC3C2)n1. The predicted molar refractivity (Wildman–Crippen MR) is 74.5 cm³/mol. The average Bonchev–Trinajstić information content (AvgIpc) is 2.47. The number of hydrogen-bond donors (Lipinski definition) is 1. The monoisotopic (exact) mass is 262 g/mol. The molecule has 3 rings (SSSR count). The Balaban J connectivity index is 1.70. The summed E-state index contributed by atoms with van der Waals surface area (Å²) in [4.78, 5) is 11.2. The Morgan fingerprint density at radius 3 is 3.32 bits per heavy atom. The molecule has 19 heavy (non-hydrogen) atoms. The molecule has 2 atom stereocenters. The second-order valence-corrected chi connectivity index (χ2v) is 5.33. The fourth-order valence-electron chi connectivity index (χ4n) is 3.14. The van der Waals surface area contributed by atoms with E-state index >= 15 is 0 Å². The predicted octanol–water partition coefficient (Wildman–Crippen LogP) is 1.45. The van der Waals surface area contributed by atoms with Gasteiger partial charge in [0, 0.05) is 31.4 Å². The summed E-state index contributed by atoms with van der Waals surface area (Å²) in [5.41, 5.74) is 0. The number of rotatable bonds is 3. The van der Waals surface area contributed by atoms with Crippen LogP contribution in [0.4, 0.5) is 5.95 Å².